The maximum Gasteiger partial charge on any atom is 0.211 e. The predicted octanol–water partition coefficient (Wildman–Crippen LogP) is 1.25. The number of hydrogen-bond acceptors (Lipinski definition) is 10. The molecule has 3 aromatic rings. The number of fused-ring (bicyclic) bond motifs is 1. The number of ether oxygens (including phenoxy) is 1. The molecule has 2 saturated heterocycles. The number of piperazine rings is 1. The number of nitrogen functional groups attached to an aromatic ring is 1. The van der Waals surface area contributed by atoms with Gasteiger partial charge >= 0.3 is 0 Å². The molecule has 2 N–H and O–H groups in total. The van der Waals surface area contributed by atoms with Crippen LogP contribution in [0.4, 0.5) is 11.5 Å². The van der Waals surface area contributed by atoms with Crippen molar-refractivity contribution in [3.8, 4) is 11.4 Å². The van der Waals surface area contributed by atoms with Gasteiger partial charge in [0.15, 0.2) is 11.6 Å². The van der Waals surface area contributed by atoms with E-state index in [9.17, 15) is 8.42 Å². The third-order valence-corrected chi connectivity index (χ3v) is 8.32. The molecule has 0 atom stereocenters. The number of nitrogens with two attached hydrogens (primary N) is 1. The molecule has 2 fully saturated rings. The van der Waals surface area contributed by atoms with E-state index in [4.69, 9.17) is 20.4 Å². The summed E-state index contributed by atoms with van der Waals surface area (Å²) in [6.45, 7) is 6.13. The Morgan fingerprint density at radius 1 is 1.06 bits per heavy atom. The monoisotopic (exact) mass is 489 g/mol. The number of aromatic nitrogens is 3. The first-order valence-electron chi connectivity index (χ1n) is 10.9. The zero-order valence-electron chi connectivity index (χ0n) is 18.5. The van der Waals surface area contributed by atoms with Crippen LogP contribution in [0.3, 0.4) is 0 Å². The molecule has 0 spiro atoms. The molecule has 0 aliphatic carbocycles. The van der Waals surface area contributed by atoms with Gasteiger partial charge in [-0.1, -0.05) is 0 Å². The zero-order chi connectivity index (χ0) is 23.0. The summed E-state index contributed by atoms with van der Waals surface area (Å²) in [4.78, 5) is 19.7. The minimum atomic E-state index is -3.13. The van der Waals surface area contributed by atoms with Gasteiger partial charge in [0.1, 0.15) is 0 Å². The topological polar surface area (TPSA) is 118 Å². The van der Waals surface area contributed by atoms with Crippen molar-refractivity contribution < 1.29 is 13.2 Å². The highest BCUT2D eigenvalue weighted by Crippen LogP contribution is 2.35. The van der Waals surface area contributed by atoms with Crippen molar-refractivity contribution in [3.63, 3.8) is 0 Å². The summed E-state index contributed by atoms with van der Waals surface area (Å²) < 4.78 is 31.7. The van der Waals surface area contributed by atoms with Gasteiger partial charge in [0.2, 0.25) is 10.0 Å². The number of rotatable bonds is 5. The van der Waals surface area contributed by atoms with Crippen molar-refractivity contribution in [3.05, 3.63) is 29.4 Å². The smallest absolute Gasteiger partial charge is 0.211 e. The minimum Gasteiger partial charge on any atom is -0.397 e. The maximum absolute atomic E-state index is 11.8. The number of pyridine rings is 1. The van der Waals surface area contributed by atoms with Gasteiger partial charge in [0, 0.05) is 68.6 Å². The van der Waals surface area contributed by atoms with Crippen LogP contribution in [0.15, 0.2) is 24.5 Å². The normalized spacial score (nSPS) is 18.8. The SMILES string of the molecule is CS(=O)(=O)N1CCN(Cc2cc3nc(-c4cncc(N)c4)nc(N4CCOCC4)c3s2)CC1. The number of sulfonamides is 1. The van der Waals surface area contributed by atoms with Crippen molar-refractivity contribution in [2.45, 2.75) is 6.54 Å². The fourth-order valence-electron chi connectivity index (χ4n) is 4.18. The highest BCUT2D eigenvalue weighted by molar-refractivity contribution is 7.88. The molecule has 10 nitrogen and oxygen atoms in total. The third kappa shape index (κ3) is 4.94. The van der Waals surface area contributed by atoms with Crippen molar-refractivity contribution in [2.75, 3.05) is 69.4 Å². The van der Waals surface area contributed by atoms with Crippen molar-refractivity contribution in [1.29, 1.82) is 0 Å². The average molecular weight is 490 g/mol. The van der Waals surface area contributed by atoms with Crippen molar-refractivity contribution in [1.82, 2.24) is 24.2 Å². The van der Waals surface area contributed by atoms with Crippen LogP contribution in [0.25, 0.3) is 21.6 Å². The molecule has 0 aromatic carbocycles. The highest BCUT2D eigenvalue weighted by Gasteiger charge is 2.25. The maximum atomic E-state index is 11.8. The number of anilines is 2. The number of hydrogen-bond donors (Lipinski definition) is 1. The molecule has 0 unspecified atom stereocenters. The van der Waals surface area contributed by atoms with E-state index in [-0.39, 0.29) is 0 Å². The largest absolute Gasteiger partial charge is 0.397 e. The Labute approximate surface area is 197 Å². The predicted molar refractivity (Wildman–Crippen MR) is 130 cm³/mol. The van der Waals surface area contributed by atoms with Crippen LogP contribution in [0.1, 0.15) is 4.88 Å². The van der Waals surface area contributed by atoms with Crippen molar-refractivity contribution in [2.24, 2.45) is 0 Å². The van der Waals surface area contributed by atoms with Gasteiger partial charge < -0.3 is 15.4 Å². The fourth-order valence-corrected chi connectivity index (χ4v) is 6.16. The summed E-state index contributed by atoms with van der Waals surface area (Å²) in [6, 6.07) is 3.96. The molecule has 33 heavy (non-hydrogen) atoms. The Hall–Kier alpha value is -2.38. The molecule has 0 radical (unpaired) electrons. The Kier molecular flexibility index (Phi) is 6.18. The summed E-state index contributed by atoms with van der Waals surface area (Å²) >= 11 is 1.70. The van der Waals surface area contributed by atoms with Crippen LogP contribution in [-0.2, 0) is 21.3 Å². The Bertz CT molecular complexity index is 1250. The number of nitrogens with zero attached hydrogens (tertiary/aromatic N) is 6. The van der Waals surface area contributed by atoms with Gasteiger partial charge in [0.05, 0.1) is 35.4 Å². The lowest BCUT2D eigenvalue weighted by molar-refractivity contribution is 0.122. The van der Waals surface area contributed by atoms with Crippen LogP contribution < -0.4 is 10.6 Å². The van der Waals surface area contributed by atoms with E-state index in [1.807, 2.05) is 6.07 Å². The zero-order valence-corrected chi connectivity index (χ0v) is 20.1. The molecule has 176 valence electrons. The second-order valence-corrected chi connectivity index (χ2v) is 11.5. The van der Waals surface area contributed by atoms with Crippen LogP contribution >= 0.6 is 11.3 Å². The third-order valence-electron chi connectivity index (χ3n) is 5.91. The van der Waals surface area contributed by atoms with E-state index in [0.29, 0.717) is 50.9 Å². The number of morpholine rings is 1. The summed E-state index contributed by atoms with van der Waals surface area (Å²) in [5.74, 6) is 1.52. The average Bonchev–Trinajstić information content (AvgIpc) is 3.21. The van der Waals surface area contributed by atoms with Gasteiger partial charge in [-0.05, 0) is 12.1 Å². The van der Waals surface area contributed by atoms with Gasteiger partial charge in [0.25, 0.3) is 0 Å². The van der Waals surface area contributed by atoms with Crippen LogP contribution in [0, 0.1) is 0 Å². The molecule has 5 heterocycles. The van der Waals surface area contributed by atoms with Gasteiger partial charge in [-0.25, -0.2) is 18.4 Å². The summed E-state index contributed by atoms with van der Waals surface area (Å²) in [5.41, 5.74) is 8.21. The minimum absolute atomic E-state index is 0.523. The molecule has 0 amide bonds. The molecular weight excluding hydrogens is 462 g/mol. The molecule has 5 rings (SSSR count). The molecule has 2 aliphatic heterocycles. The first-order valence-corrected chi connectivity index (χ1v) is 13.5. The van der Waals surface area contributed by atoms with Crippen LogP contribution in [0.2, 0.25) is 0 Å². The lowest BCUT2D eigenvalue weighted by Crippen LogP contribution is -2.47. The quantitative estimate of drug-likeness (QED) is 0.565. The highest BCUT2D eigenvalue weighted by atomic mass is 32.2. The van der Waals surface area contributed by atoms with Crippen molar-refractivity contribution >= 4 is 43.1 Å². The summed E-state index contributed by atoms with van der Waals surface area (Å²) in [5, 5.41) is 0. The first-order chi connectivity index (χ1) is 15.9. The van der Waals surface area contributed by atoms with Crippen LogP contribution in [0.5, 0.6) is 0 Å². The first kappa shape index (κ1) is 22.4. The Balaban J connectivity index is 1.45. The van der Waals surface area contributed by atoms with E-state index < -0.39 is 10.0 Å². The lowest BCUT2D eigenvalue weighted by atomic mass is 10.2. The molecule has 3 aromatic heterocycles. The van der Waals surface area contributed by atoms with E-state index in [1.54, 1.807) is 28.0 Å². The lowest BCUT2D eigenvalue weighted by Gasteiger charge is -2.32. The second kappa shape index (κ2) is 9.11. The van der Waals surface area contributed by atoms with Gasteiger partial charge in [-0.2, -0.15) is 4.31 Å². The van der Waals surface area contributed by atoms with E-state index >= 15 is 0 Å². The Morgan fingerprint density at radius 2 is 1.82 bits per heavy atom. The van der Waals surface area contributed by atoms with E-state index in [0.717, 1.165) is 41.2 Å². The second-order valence-electron chi connectivity index (χ2n) is 8.34. The molecule has 0 saturated carbocycles. The number of thiophene rings is 1. The Morgan fingerprint density at radius 3 is 2.52 bits per heavy atom. The standard InChI is InChI=1S/C21H27N7O3S2/c1-33(29,30)28-4-2-26(3-5-28)14-17-11-18-19(32-17)21(27-6-8-31-9-7-27)25-20(24-18)15-10-16(22)13-23-12-15/h10-13H,2-9,14,22H2,1H3. The van der Waals surface area contributed by atoms with Crippen LogP contribution in [-0.4, -0.2) is 91.3 Å². The van der Waals surface area contributed by atoms with Gasteiger partial charge in [-0.15, -0.1) is 11.3 Å². The van der Waals surface area contributed by atoms with Gasteiger partial charge in [-0.3, -0.25) is 9.88 Å². The molecular formula is C21H27N7O3S2. The molecule has 12 heteroatoms. The summed E-state index contributed by atoms with van der Waals surface area (Å²) in [6.07, 6.45) is 4.61. The van der Waals surface area contributed by atoms with E-state index in [2.05, 4.69) is 20.9 Å². The fraction of sp³-hybridized carbons (Fsp3) is 0.476. The van der Waals surface area contributed by atoms with E-state index in [1.165, 1.54) is 11.1 Å². The molecule has 2 aliphatic rings. The summed E-state index contributed by atoms with van der Waals surface area (Å²) in [7, 11) is -3.13. The molecule has 0 bridgehead atoms.